The SMILES string of the molecule is CCCCCc1ccc([C@H]2CC[C@H]([C@H]3CC[C@H](CCC)CC3)CC2)c(F)c1F. The number of rotatable bonds is 8. The van der Waals surface area contributed by atoms with Crippen LogP contribution in [-0.2, 0) is 6.42 Å². The minimum absolute atomic E-state index is 0.215. The van der Waals surface area contributed by atoms with Gasteiger partial charge in [0.2, 0.25) is 0 Å². The van der Waals surface area contributed by atoms with Crippen LogP contribution in [0.2, 0.25) is 0 Å². The van der Waals surface area contributed by atoms with E-state index < -0.39 is 11.6 Å². The number of aryl methyl sites for hydroxylation is 1. The van der Waals surface area contributed by atoms with Gasteiger partial charge in [0.15, 0.2) is 11.6 Å². The van der Waals surface area contributed by atoms with Gasteiger partial charge >= 0.3 is 0 Å². The summed E-state index contributed by atoms with van der Waals surface area (Å²) in [7, 11) is 0. The number of unbranched alkanes of at least 4 members (excludes halogenated alkanes) is 2. The Morgan fingerprint density at radius 3 is 2.00 bits per heavy atom. The molecule has 0 N–H and O–H groups in total. The largest absolute Gasteiger partial charge is 0.203 e. The van der Waals surface area contributed by atoms with E-state index in [-0.39, 0.29) is 5.92 Å². The Morgan fingerprint density at radius 1 is 0.750 bits per heavy atom. The Balaban J connectivity index is 1.53. The fourth-order valence-electron chi connectivity index (χ4n) is 5.94. The van der Waals surface area contributed by atoms with Crippen molar-refractivity contribution < 1.29 is 8.78 Å². The smallest absolute Gasteiger partial charge is 0.162 e. The topological polar surface area (TPSA) is 0 Å². The van der Waals surface area contributed by atoms with Crippen LogP contribution in [0.5, 0.6) is 0 Å². The second kappa shape index (κ2) is 10.7. The second-order valence-electron chi connectivity index (χ2n) is 9.58. The summed E-state index contributed by atoms with van der Waals surface area (Å²) in [6.45, 7) is 4.43. The second-order valence-corrected chi connectivity index (χ2v) is 9.58. The molecule has 0 amide bonds. The van der Waals surface area contributed by atoms with E-state index in [4.69, 9.17) is 0 Å². The van der Waals surface area contributed by atoms with Crippen LogP contribution in [0.25, 0.3) is 0 Å². The summed E-state index contributed by atoms with van der Waals surface area (Å²) < 4.78 is 29.3. The predicted octanol–water partition coefficient (Wildman–Crippen LogP) is 8.58. The summed E-state index contributed by atoms with van der Waals surface area (Å²) in [6.07, 6.45) is 16.6. The van der Waals surface area contributed by atoms with Crippen LogP contribution in [0.15, 0.2) is 12.1 Å². The number of hydrogen-bond donors (Lipinski definition) is 0. The molecule has 2 saturated carbocycles. The lowest BCUT2D eigenvalue weighted by molar-refractivity contribution is 0.156. The molecule has 1 aromatic carbocycles. The Hall–Kier alpha value is -0.920. The summed E-state index contributed by atoms with van der Waals surface area (Å²) in [5.74, 6) is 1.75. The highest BCUT2D eigenvalue weighted by Gasteiger charge is 2.32. The van der Waals surface area contributed by atoms with E-state index in [2.05, 4.69) is 13.8 Å². The van der Waals surface area contributed by atoms with Crippen molar-refractivity contribution in [3.05, 3.63) is 34.9 Å². The summed E-state index contributed by atoms with van der Waals surface area (Å²) in [5.41, 5.74) is 1.20. The molecule has 1 aromatic rings. The van der Waals surface area contributed by atoms with Crippen molar-refractivity contribution in [3.8, 4) is 0 Å². The van der Waals surface area contributed by atoms with Gasteiger partial charge in [-0.3, -0.25) is 0 Å². The van der Waals surface area contributed by atoms with E-state index in [1.165, 1.54) is 51.4 Å². The third-order valence-corrected chi connectivity index (χ3v) is 7.71. The van der Waals surface area contributed by atoms with E-state index >= 15 is 0 Å². The monoisotopic (exact) mass is 390 g/mol. The first-order chi connectivity index (χ1) is 13.6. The van der Waals surface area contributed by atoms with E-state index in [1.54, 1.807) is 0 Å². The van der Waals surface area contributed by atoms with E-state index in [9.17, 15) is 8.78 Å². The Kier molecular flexibility index (Phi) is 8.36. The number of benzene rings is 1. The molecule has 28 heavy (non-hydrogen) atoms. The van der Waals surface area contributed by atoms with Gasteiger partial charge < -0.3 is 0 Å². The highest BCUT2D eigenvalue weighted by atomic mass is 19.2. The first-order valence-electron chi connectivity index (χ1n) is 12.1. The first kappa shape index (κ1) is 21.8. The third kappa shape index (κ3) is 5.36. The molecule has 0 heterocycles. The zero-order chi connectivity index (χ0) is 19.9. The fraction of sp³-hybridized carbons (Fsp3) is 0.769. The Bertz CT molecular complexity index is 593. The highest BCUT2D eigenvalue weighted by molar-refractivity contribution is 5.29. The van der Waals surface area contributed by atoms with Crippen molar-refractivity contribution in [2.45, 2.75) is 110 Å². The number of hydrogen-bond acceptors (Lipinski definition) is 0. The maximum Gasteiger partial charge on any atom is 0.162 e. The minimum Gasteiger partial charge on any atom is -0.203 e. The summed E-state index contributed by atoms with van der Waals surface area (Å²) in [4.78, 5) is 0. The molecule has 0 atom stereocenters. The zero-order valence-corrected chi connectivity index (χ0v) is 18.1. The van der Waals surface area contributed by atoms with Crippen molar-refractivity contribution in [1.29, 1.82) is 0 Å². The minimum atomic E-state index is -0.579. The van der Waals surface area contributed by atoms with Crippen LogP contribution in [0, 0.1) is 29.4 Å². The molecule has 158 valence electrons. The van der Waals surface area contributed by atoms with E-state index in [0.717, 1.165) is 49.9 Å². The average molecular weight is 391 g/mol. The van der Waals surface area contributed by atoms with Crippen LogP contribution >= 0.6 is 0 Å². The molecule has 2 aliphatic rings. The molecule has 3 rings (SSSR count). The van der Waals surface area contributed by atoms with Crippen LogP contribution < -0.4 is 0 Å². The van der Waals surface area contributed by atoms with Crippen LogP contribution in [-0.4, -0.2) is 0 Å². The predicted molar refractivity (Wildman–Crippen MR) is 115 cm³/mol. The van der Waals surface area contributed by atoms with Gasteiger partial charge in [-0.05, 0) is 86.2 Å². The quantitative estimate of drug-likeness (QED) is 0.390. The lowest BCUT2D eigenvalue weighted by atomic mass is 9.68. The molecule has 2 aliphatic carbocycles. The molecule has 0 bridgehead atoms. The van der Waals surface area contributed by atoms with Crippen molar-refractivity contribution in [1.82, 2.24) is 0 Å². The molecular formula is C26H40F2. The van der Waals surface area contributed by atoms with Crippen molar-refractivity contribution in [2.24, 2.45) is 17.8 Å². The maximum atomic E-state index is 14.7. The first-order valence-corrected chi connectivity index (χ1v) is 12.1. The molecule has 0 aliphatic heterocycles. The standard InChI is InChI=1S/C26H40F2/c1-3-5-6-8-23-17-18-24(26(28)25(23)27)22-15-13-21(14-16-22)20-11-9-19(7-4-2)10-12-20/h17-22H,3-16H2,1-2H3/t19-,20-,21-,22-. The Morgan fingerprint density at radius 2 is 1.39 bits per heavy atom. The maximum absolute atomic E-state index is 14.7. The number of halogens is 2. The summed E-state index contributed by atoms with van der Waals surface area (Å²) >= 11 is 0. The normalized spacial score (nSPS) is 28.4. The average Bonchev–Trinajstić information content (AvgIpc) is 2.72. The molecule has 0 saturated heterocycles. The van der Waals surface area contributed by atoms with Gasteiger partial charge in [0.1, 0.15) is 0 Å². The lowest BCUT2D eigenvalue weighted by Crippen LogP contribution is -2.25. The van der Waals surface area contributed by atoms with E-state index in [1.807, 2.05) is 12.1 Å². The van der Waals surface area contributed by atoms with Gasteiger partial charge in [-0.25, -0.2) is 8.78 Å². The zero-order valence-electron chi connectivity index (χ0n) is 18.1. The molecular weight excluding hydrogens is 350 g/mol. The molecule has 2 fully saturated rings. The molecule has 0 unspecified atom stereocenters. The summed E-state index contributed by atoms with van der Waals surface area (Å²) in [6, 6.07) is 3.74. The molecule has 0 radical (unpaired) electrons. The van der Waals surface area contributed by atoms with Gasteiger partial charge in [0.25, 0.3) is 0 Å². The van der Waals surface area contributed by atoms with Gasteiger partial charge in [-0.2, -0.15) is 0 Å². The van der Waals surface area contributed by atoms with E-state index in [0.29, 0.717) is 17.5 Å². The summed E-state index contributed by atoms with van der Waals surface area (Å²) in [5, 5.41) is 0. The van der Waals surface area contributed by atoms with Crippen LogP contribution in [0.4, 0.5) is 8.78 Å². The van der Waals surface area contributed by atoms with Crippen molar-refractivity contribution >= 4 is 0 Å². The van der Waals surface area contributed by atoms with Gasteiger partial charge in [-0.15, -0.1) is 0 Å². The van der Waals surface area contributed by atoms with Crippen molar-refractivity contribution in [2.75, 3.05) is 0 Å². The van der Waals surface area contributed by atoms with Gasteiger partial charge in [-0.1, -0.05) is 64.5 Å². The molecule has 0 nitrogen and oxygen atoms in total. The van der Waals surface area contributed by atoms with Crippen LogP contribution in [0.1, 0.15) is 114 Å². The third-order valence-electron chi connectivity index (χ3n) is 7.71. The van der Waals surface area contributed by atoms with Crippen LogP contribution in [0.3, 0.4) is 0 Å². The van der Waals surface area contributed by atoms with Gasteiger partial charge in [0, 0.05) is 0 Å². The molecule has 0 spiro atoms. The van der Waals surface area contributed by atoms with Crippen molar-refractivity contribution in [3.63, 3.8) is 0 Å². The highest BCUT2D eigenvalue weighted by Crippen LogP contribution is 2.45. The lowest BCUT2D eigenvalue weighted by Gasteiger charge is -2.38. The molecule has 2 heteroatoms. The fourth-order valence-corrected chi connectivity index (χ4v) is 5.94. The molecule has 0 aromatic heterocycles. The Labute approximate surface area is 171 Å². The van der Waals surface area contributed by atoms with Gasteiger partial charge in [0.05, 0.1) is 0 Å².